The number of nitrogens with one attached hydrogen (secondary N) is 1. The van der Waals surface area contributed by atoms with Crippen molar-refractivity contribution in [3.63, 3.8) is 0 Å². The molecular formula is C15H25ClF3NO. The number of rotatable bonds is 4. The van der Waals surface area contributed by atoms with E-state index < -0.39 is 12.1 Å². The van der Waals surface area contributed by atoms with Crippen LogP contribution in [0.1, 0.15) is 52.9 Å². The van der Waals surface area contributed by atoms with Crippen LogP contribution in [0.5, 0.6) is 0 Å². The summed E-state index contributed by atoms with van der Waals surface area (Å²) in [5, 5.41) is 2.98. The Hall–Kier alpha value is -0.450. The van der Waals surface area contributed by atoms with Crippen molar-refractivity contribution in [2.45, 2.75) is 65.1 Å². The minimum absolute atomic E-state index is 0.0529. The Morgan fingerprint density at radius 3 is 2.10 bits per heavy atom. The quantitative estimate of drug-likeness (QED) is 0.756. The molecule has 0 aliphatic heterocycles. The van der Waals surface area contributed by atoms with Gasteiger partial charge in [-0.05, 0) is 37.5 Å². The van der Waals surface area contributed by atoms with Crippen molar-refractivity contribution in [2.75, 3.05) is 5.88 Å². The molecule has 1 aliphatic rings. The molecular weight excluding hydrogens is 303 g/mol. The standard InChI is InChI=1S/C15H25ClF3NO/c1-14(2,3)12(8-9-16)20-13(21)10-4-6-11(7-5-10)15(17,18)19/h10-12H,4-9H2,1-3H3,(H,20,21). The Labute approximate surface area is 129 Å². The Morgan fingerprint density at radius 2 is 1.71 bits per heavy atom. The zero-order chi connectivity index (χ0) is 16.3. The van der Waals surface area contributed by atoms with Gasteiger partial charge >= 0.3 is 6.18 Å². The molecule has 0 aromatic carbocycles. The van der Waals surface area contributed by atoms with E-state index in [1.807, 2.05) is 20.8 Å². The molecule has 1 rings (SSSR count). The predicted molar refractivity (Wildman–Crippen MR) is 78.2 cm³/mol. The van der Waals surface area contributed by atoms with Gasteiger partial charge in [-0.15, -0.1) is 11.6 Å². The normalized spacial score (nSPS) is 25.5. The number of amides is 1. The fourth-order valence-electron chi connectivity index (χ4n) is 2.80. The summed E-state index contributed by atoms with van der Waals surface area (Å²) in [6, 6.07) is -0.0529. The van der Waals surface area contributed by atoms with Gasteiger partial charge < -0.3 is 5.32 Å². The molecule has 0 aromatic rings. The molecule has 0 aromatic heterocycles. The smallest absolute Gasteiger partial charge is 0.353 e. The molecule has 0 radical (unpaired) electrons. The summed E-state index contributed by atoms with van der Waals surface area (Å²) in [5.41, 5.74) is -0.117. The van der Waals surface area contributed by atoms with E-state index in [9.17, 15) is 18.0 Å². The minimum Gasteiger partial charge on any atom is -0.353 e. The number of alkyl halides is 4. The molecule has 1 amide bonds. The van der Waals surface area contributed by atoms with Crippen molar-refractivity contribution < 1.29 is 18.0 Å². The summed E-state index contributed by atoms with van der Waals surface area (Å²) in [7, 11) is 0. The van der Waals surface area contributed by atoms with E-state index in [4.69, 9.17) is 11.6 Å². The van der Waals surface area contributed by atoms with Crippen LogP contribution in [0.15, 0.2) is 0 Å². The van der Waals surface area contributed by atoms with Crippen LogP contribution in [-0.2, 0) is 4.79 Å². The van der Waals surface area contributed by atoms with Crippen LogP contribution in [0.2, 0.25) is 0 Å². The molecule has 2 nitrogen and oxygen atoms in total. The third-order valence-corrected chi connectivity index (χ3v) is 4.54. The van der Waals surface area contributed by atoms with Gasteiger partial charge in [0.25, 0.3) is 0 Å². The lowest BCUT2D eigenvalue weighted by molar-refractivity contribution is -0.184. The van der Waals surface area contributed by atoms with Crippen LogP contribution in [0.4, 0.5) is 13.2 Å². The van der Waals surface area contributed by atoms with Crippen LogP contribution in [0, 0.1) is 17.3 Å². The Balaban J connectivity index is 2.54. The van der Waals surface area contributed by atoms with Crippen molar-refractivity contribution in [3.05, 3.63) is 0 Å². The molecule has 0 saturated heterocycles. The summed E-state index contributed by atoms with van der Waals surface area (Å²) in [6.45, 7) is 6.06. The molecule has 1 fully saturated rings. The first kappa shape index (κ1) is 18.6. The highest BCUT2D eigenvalue weighted by Crippen LogP contribution is 2.39. The molecule has 124 valence electrons. The lowest BCUT2D eigenvalue weighted by Gasteiger charge is -2.34. The third-order valence-electron chi connectivity index (χ3n) is 4.32. The summed E-state index contributed by atoms with van der Waals surface area (Å²) < 4.78 is 37.9. The van der Waals surface area contributed by atoms with Gasteiger partial charge in [0.15, 0.2) is 0 Å². The van der Waals surface area contributed by atoms with E-state index in [2.05, 4.69) is 5.32 Å². The van der Waals surface area contributed by atoms with Crippen LogP contribution in [0.3, 0.4) is 0 Å². The highest BCUT2D eigenvalue weighted by Gasteiger charge is 2.42. The second-order valence-corrected chi connectivity index (χ2v) is 7.37. The number of halogens is 4. The molecule has 1 unspecified atom stereocenters. The molecule has 1 saturated carbocycles. The van der Waals surface area contributed by atoms with E-state index >= 15 is 0 Å². The zero-order valence-electron chi connectivity index (χ0n) is 12.9. The van der Waals surface area contributed by atoms with Crippen molar-refractivity contribution in [3.8, 4) is 0 Å². The molecule has 1 N–H and O–H groups in total. The molecule has 0 spiro atoms. The van der Waals surface area contributed by atoms with Crippen LogP contribution < -0.4 is 5.32 Å². The lowest BCUT2D eigenvalue weighted by Crippen LogP contribution is -2.47. The molecule has 0 bridgehead atoms. The van der Waals surface area contributed by atoms with E-state index in [1.165, 1.54) is 0 Å². The largest absolute Gasteiger partial charge is 0.391 e. The van der Waals surface area contributed by atoms with Crippen molar-refractivity contribution in [1.82, 2.24) is 5.32 Å². The first-order chi connectivity index (χ1) is 9.55. The average molecular weight is 328 g/mol. The average Bonchev–Trinajstić information content (AvgIpc) is 2.36. The maximum absolute atomic E-state index is 12.6. The third kappa shape index (κ3) is 5.68. The molecule has 21 heavy (non-hydrogen) atoms. The van der Waals surface area contributed by atoms with Crippen LogP contribution >= 0.6 is 11.6 Å². The summed E-state index contributed by atoms with van der Waals surface area (Å²) in [6.07, 6.45) is -2.74. The zero-order valence-corrected chi connectivity index (χ0v) is 13.7. The number of carbonyl (C=O) groups excluding carboxylic acids is 1. The van der Waals surface area contributed by atoms with Gasteiger partial charge in [0.05, 0.1) is 5.92 Å². The molecule has 1 aliphatic carbocycles. The van der Waals surface area contributed by atoms with Crippen LogP contribution in [-0.4, -0.2) is 24.0 Å². The highest BCUT2D eigenvalue weighted by atomic mass is 35.5. The first-order valence-electron chi connectivity index (χ1n) is 7.48. The summed E-state index contributed by atoms with van der Waals surface area (Å²) in [4.78, 5) is 12.3. The predicted octanol–water partition coefficient (Wildman–Crippen LogP) is 4.51. The van der Waals surface area contributed by atoms with Gasteiger partial charge in [0.1, 0.15) is 0 Å². The second-order valence-electron chi connectivity index (χ2n) is 7.00. The first-order valence-corrected chi connectivity index (χ1v) is 8.02. The van der Waals surface area contributed by atoms with Crippen molar-refractivity contribution in [1.29, 1.82) is 0 Å². The highest BCUT2D eigenvalue weighted by molar-refractivity contribution is 6.17. The number of hydrogen-bond donors (Lipinski definition) is 1. The van der Waals surface area contributed by atoms with Gasteiger partial charge in [-0.1, -0.05) is 20.8 Å². The van der Waals surface area contributed by atoms with Gasteiger partial charge in [0, 0.05) is 17.8 Å². The van der Waals surface area contributed by atoms with Gasteiger partial charge in [-0.25, -0.2) is 0 Å². The van der Waals surface area contributed by atoms with E-state index in [0.29, 0.717) is 25.1 Å². The monoisotopic (exact) mass is 327 g/mol. The van der Waals surface area contributed by atoms with Gasteiger partial charge in [0.2, 0.25) is 5.91 Å². The van der Waals surface area contributed by atoms with Gasteiger partial charge in [-0.3, -0.25) is 4.79 Å². The summed E-state index contributed by atoms with van der Waals surface area (Å²) in [5.74, 6) is -1.23. The summed E-state index contributed by atoms with van der Waals surface area (Å²) >= 11 is 5.76. The fraction of sp³-hybridized carbons (Fsp3) is 0.933. The SMILES string of the molecule is CC(C)(C)C(CCCl)NC(=O)C1CCC(C(F)(F)F)CC1. The Bertz CT molecular complexity index is 344. The van der Waals surface area contributed by atoms with E-state index in [0.717, 1.165) is 0 Å². The van der Waals surface area contributed by atoms with Crippen molar-refractivity contribution in [2.24, 2.45) is 17.3 Å². The molecule has 6 heteroatoms. The minimum atomic E-state index is -4.13. The van der Waals surface area contributed by atoms with E-state index in [1.54, 1.807) is 0 Å². The van der Waals surface area contributed by atoms with Crippen molar-refractivity contribution >= 4 is 17.5 Å². The second kappa shape index (κ2) is 7.21. The molecule has 0 heterocycles. The maximum Gasteiger partial charge on any atom is 0.391 e. The number of carbonyl (C=O) groups is 1. The van der Waals surface area contributed by atoms with E-state index in [-0.39, 0.29) is 36.1 Å². The van der Waals surface area contributed by atoms with Crippen LogP contribution in [0.25, 0.3) is 0 Å². The Kier molecular flexibility index (Phi) is 6.38. The Morgan fingerprint density at radius 1 is 1.19 bits per heavy atom. The number of hydrogen-bond acceptors (Lipinski definition) is 1. The van der Waals surface area contributed by atoms with Gasteiger partial charge in [-0.2, -0.15) is 13.2 Å². The maximum atomic E-state index is 12.6. The fourth-order valence-corrected chi connectivity index (χ4v) is 3.02. The topological polar surface area (TPSA) is 29.1 Å². The molecule has 1 atom stereocenters. The lowest BCUT2D eigenvalue weighted by atomic mass is 9.80.